The molecule has 0 amide bonds. The van der Waals surface area contributed by atoms with E-state index in [-0.39, 0.29) is 25.0 Å². The molecule has 1 saturated heterocycles. The maximum atomic E-state index is 14.0. The molecule has 0 radical (unpaired) electrons. The van der Waals surface area contributed by atoms with Crippen molar-refractivity contribution in [1.82, 2.24) is 0 Å². The lowest BCUT2D eigenvalue weighted by Gasteiger charge is -2.37. The molecule has 1 spiro atoms. The number of ether oxygens (including phenoxy) is 4. The minimum atomic E-state index is -5.03. The smallest absolute Gasteiger partial charge is 0.432 e. The maximum absolute atomic E-state index is 14.0. The van der Waals surface area contributed by atoms with Crippen LogP contribution in [0.2, 0.25) is 0 Å². The molecule has 2 aliphatic heterocycles. The summed E-state index contributed by atoms with van der Waals surface area (Å²) >= 11 is 0. The number of carbonyl (C=O) groups is 1. The fraction of sp³-hybridized carbons (Fsp3) is 0.375. The summed E-state index contributed by atoms with van der Waals surface area (Å²) in [7, 11) is 0.828. The number of allylic oxidation sites excluding steroid dienone is 2. The standard InChI is InChI=1S/C24H21F3O5/c1-3-4-5-9-12-19-13-15-22(32-19)16-14-20(17-30-22)31-21(28)23(29-2,24(25,26)27)18-10-7-6-8-11-18/h6-8,10-13,15,20H,14,16-17H2,1-2H3/b19-12+/t20-,22+,23-/m1/s1. The summed E-state index contributed by atoms with van der Waals surface area (Å²) in [5, 5.41) is 0. The number of halogens is 3. The lowest BCUT2D eigenvalue weighted by Crippen LogP contribution is -2.53. The highest BCUT2D eigenvalue weighted by molar-refractivity contribution is 5.82. The van der Waals surface area contributed by atoms with Crippen molar-refractivity contribution < 1.29 is 36.9 Å². The van der Waals surface area contributed by atoms with Gasteiger partial charge in [-0.2, -0.15) is 13.2 Å². The molecule has 2 heterocycles. The van der Waals surface area contributed by atoms with Gasteiger partial charge in [-0.05, 0) is 37.3 Å². The summed E-state index contributed by atoms with van der Waals surface area (Å²) in [4.78, 5) is 12.7. The van der Waals surface area contributed by atoms with Crippen molar-refractivity contribution in [2.75, 3.05) is 13.7 Å². The lowest BCUT2D eigenvalue weighted by atomic mass is 9.92. The van der Waals surface area contributed by atoms with Crippen LogP contribution in [-0.4, -0.2) is 37.8 Å². The molecular weight excluding hydrogens is 425 g/mol. The second-order valence-electron chi connectivity index (χ2n) is 7.06. The van der Waals surface area contributed by atoms with Crippen molar-refractivity contribution in [3.63, 3.8) is 0 Å². The number of esters is 1. The zero-order chi connectivity index (χ0) is 23.2. The Bertz CT molecular complexity index is 1010. The summed E-state index contributed by atoms with van der Waals surface area (Å²) in [6.07, 6.45) is -0.476. The van der Waals surface area contributed by atoms with Gasteiger partial charge in [0.2, 0.25) is 5.79 Å². The van der Waals surface area contributed by atoms with Crippen molar-refractivity contribution in [2.24, 2.45) is 0 Å². The Labute approximate surface area is 184 Å². The number of rotatable bonds is 4. The third kappa shape index (κ3) is 4.67. The Morgan fingerprint density at radius 1 is 1.25 bits per heavy atom. The molecule has 0 aromatic heterocycles. The number of hydrogen-bond acceptors (Lipinski definition) is 5. The van der Waals surface area contributed by atoms with Crippen molar-refractivity contribution in [2.45, 2.75) is 43.4 Å². The van der Waals surface area contributed by atoms with Crippen LogP contribution in [0.25, 0.3) is 0 Å². The first-order valence-corrected chi connectivity index (χ1v) is 9.79. The number of methoxy groups -OCH3 is 1. The monoisotopic (exact) mass is 446 g/mol. The molecule has 8 heteroatoms. The quantitative estimate of drug-likeness (QED) is 0.517. The van der Waals surface area contributed by atoms with Crippen LogP contribution in [0.3, 0.4) is 0 Å². The third-order valence-corrected chi connectivity index (χ3v) is 5.04. The molecular formula is C24H21F3O5. The lowest BCUT2D eigenvalue weighted by molar-refractivity contribution is -0.283. The molecule has 0 unspecified atom stereocenters. The van der Waals surface area contributed by atoms with Crippen LogP contribution in [0.15, 0.2) is 54.3 Å². The maximum Gasteiger partial charge on any atom is 0.432 e. The average molecular weight is 446 g/mol. The van der Waals surface area contributed by atoms with E-state index in [2.05, 4.69) is 23.7 Å². The zero-order valence-corrected chi connectivity index (χ0v) is 17.5. The predicted molar refractivity (Wildman–Crippen MR) is 109 cm³/mol. The van der Waals surface area contributed by atoms with Crippen LogP contribution in [0.1, 0.15) is 25.3 Å². The summed E-state index contributed by atoms with van der Waals surface area (Å²) in [5.74, 6) is 8.48. The van der Waals surface area contributed by atoms with Crippen molar-refractivity contribution in [3.05, 3.63) is 59.9 Å². The highest BCUT2D eigenvalue weighted by Crippen LogP contribution is 2.44. The van der Waals surface area contributed by atoms with E-state index in [0.29, 0.717) is 5.76 Å². The van der Waals surface area contributed by atoms with Gasteiger partial charge in [0, 0.05) is 25.2 Å². The van der Waals surface area contributed by atoms with Gasteiger partial charge in [-0.3, -0.25) is 0 Å². The SMILES string of the molecule is CC#CC#C/C=C1\C=C[C@@]2(CC[C@@H](OC(=O)[C@](OC)(c3ccccc3)C(F)(F)F)CO2)O1. The van der Waals surface area contributed by atoms with E-state index >= 15 is 0 Å². The molecule has 2 aliphatic rings. The second kappa shape index (κ2) is 9.52. The van der Waals surface area contributed by atoms with Crippen molar-refractivity contribution in [1.29, 1.82) is 0 Å². The predicted octanol–water partition coefficient (Wildman–Crippen LogP) is 4.01. The summed E-state index contributed by atoms with van der Waals surface area (Å²) in [6, 6.07) is 6.67. The molecule has 0 bridgehead atoms. The van der Waals surface area contributed by atoms with Crippen LogP contribution in [0.5, 0.6) is 0 Å². The Morgan fingerprint density at radius 3 is 2.59 bits per heavy atom. The molecule has 0 N–H and O–H groups in total. The van der Waals surface area contributed by atoms with E-state index in [9.17, 15) is 18.0 Å². The number of alkyl halides is 3. The van der Waals surface area contributed by atoms with E-state index < -0.39 is 29.6 Å². The summed E-state index contributed by atoms with van der Waals surface area (Å²) in [5.41, 5.74) is -3.60. The van der Waals surface area contributed by atoms with Gasteiger partial charge in [0.15, 0.2) is 0 Å². The highest BCUT2D eigenvalue weighted by Gasteiger charge is 2.64. The molecule has 0 aliphatic carbocycles. The van der Waals surface area contributed by atoms with Gasteiger partial charge < -0.3 is 18.9 Å². The average Bonchev–Trinajstić information content (AvgIpc) is 3.16. The minimum absolute atomic E-state index is 0.136. The van der Waals surface area contributed by atoms with Crippen molar-refractivity contribution >= 4 is 5.97 Å². The summed E-state index contributed by atoms with van der Waals surface area (Å²) in [6.45, 7) is 1.54. The molecule has 3 rings (SSSR count). The topological polar surface area (TPSA) is 54.0 Å². The minimum Gasteiger partial charge on any atom is -0.458 e. The number of carbonyl (C=O) groups excluding carboxylic acids is 1. The normalized spacial score (nSPS) is 25.2. The first-order valence-electron chi connectivity index (χ1n) is 9.79. The van der Waals surface area contributed by atoms with Crippen molar-refractivity contribution in [3.8, 4) is 23.7 Å². The van der Waals surface area contributed by atoms with Crippen LogP contribution in [-0.2, 0) is 29.3 Å². The molecule has 168 valence electrons. The molecule has 3 atom stereocenters. The largest absolute Gasteiger partial charge is 0.458 e. The van der Waals surface area contributed by atoms with Crippen LogP contribution < -0.4 is 0 Å². The van der Waals surface area contributed by atoms with E-state index in [1.807, 2.05) is 0 Å². The van der Waals surface area contributed by atoms with Gasteiger partial charge in [0.25, 0.3) is 5.60 Å². The van der Waals surface area contributed by atoms with Gasteiger partial charge in [-0.1, -0.05) is 42.2 Å². The van der Waals surface area contributed by atoms with E-state index in [0.717, 1.165) is 7.11 Å². The summed E-state index contributed by atoms with van der Waals surface area (Å²) < 4.78 is 63.4. The van der Waals surface area contributed by atoms with E-state index in [1.54, 1.807) is 31.2 Å². The molecule has 5 nitrogen and oxygen atoms in total. The first-order chi connectivity index (χ1) is 15.3. The fourth-order valence-corrected chi connectivity index (χ4v) is 3.44. The Hall–Kier alpha value is -3.20. The van der Waals surface area contributed by atoms with Crippen LogP contribution in [0.4, 0.5) is 13.2 Å². The van der Waals surface area contributed by atoms with Gasteiger partial charge >= 0.3 is 12.1 Å². The van der Waals surface area contributed by atoms with Gasteiger partial charge in [0.05, 0.1) is 6.61 Å². The van der Waals surface area contributed by atoms with Gasteiger partial charge in [-0.25, -0.2) is 4.79 Å². The van der Waals surface area contributed by atoms with Gasteiger partial charge in [-0.15, -0.1) is 0 Å². The zero-order valence-electron chi connectivity index (χ0n) is 17.5. The Kier molecular flexibility index (Phi) is 6.98. The van der Waals surface area contributed by atoms with E-state index in [4.69, 9.17) is 18.9 Å². The molecule has 1 aromatic carbocycles. The molecule has 0 saturated carbocycles. The van der Waals surface area contributed by atoms with Gasteiger partial charge in [0.1, 0.15) is 11.9 Å². The molecule has 1 fully saturated rings. The van der Waals surface area contributed by atoms with Crippen LogP contribution in [0, 0.1) is 23.7 Å². The molecule has 32 heavy (non-hydrogen) atoms. The van der Waals surface area contributed by atoms with E-state index in [1.165, 1.54) is 24.3 Å². The Morgan fingerprint density at radius 2 is 2.00 bits per heavy atom. The third-order valence-electron chi connectivity index (χ3n) is 5.04. The molecule has 1 aromatic rings. The van der Waals surface area contributed by atoms with Crippen LogP contribution >= 0.6 is 0 Å². The second-order valence-corrected chi connectivity index (χ2v) is 7.06. The highest BCUT2D eigenvalue weighted by atomic mass is 19.4. The number of hydrogen-bond donors (Lipinski definition) is 0. The first kappa shape index (κ1) is 23.5. The Balaban J connectivity index is 1.68. The number of benzene rings is 1. The fourth-order valence-electron chi connectivity index (χ4n) is 3.44.